The lowest BCUT2D eigenvalue weighted by Gasteiger charge is -2.19. The van der Waals surface area contributed by atoms with Crippen LogP contribution >= 0.6 is 0 Å². The van der Waals surface area contributed by atoms with Gasteiger partial charge in [0.15, 0.2) is 5.82 Å². The second-order valence-corrected chi connectivity index (χ2v) is 9.13. The van der Waals surface area contributed by atoms with E-state index in [1.165, 1.54) is 22.6 Å². The van der Waals surface area contributed by atoms with Gasteiger partial charge in [-0.1, -0.05) is 20.3 Å². The zero-order valence-electron chi connectivity index (χ0n) is 17.4. The lowest BCUT2D eigenvalue weighted by atomic mass is 10.2. The zero-order chi connectivity index (χ0) is 21.7. The van der Waals surface area contributed by atoms with E-state index in [0.717, 1.165) is 42.6 Å². The molecule has 164 valence electrons. The second-order valence-electron chi connectivity index (χ2n) is 7.19. The normalized spacial score (nSPS) is 14.4. The van der Waals surface area contributed by atoms with Crippen molar-refractivity contribution in [2.75, 3.05) is 13.1 Å². The molecule has 1 aliphatic heterocycles. The lowest BCUT2D eigenvalue weighted by Crippen LogP contribution is -2.34. The average Bonchev–Trinajstić information content (AvgIpc) is 2.94. The summed E-state index contributed by atoms with van der Waals surface area (Å²) in [6.45, 7) is 4.89. The quantitative estimate of drug-likeness (QED) is 0.644. The Hall–Kier alpha value is -2.53. The summed E-state index contributed by atoms with van der Waals surface area (Å²) in [6.07, 6.45) is 5.38. The van der Waals surface area contributed by atoms with Crippen LogP contribution in [0.25, 0.3) is 0 Å². The SMILES string of the molecule is CCN(CC)S(=O)(=O)c1ccc(=O)n(CC(=O)NCc2nnc3n2CCCCC3)c1. The molecule has 0 radical (unpaired) electrons. The molecule has 3 rings (SSSR count). The fourth-order valence-corrected chi connectivity index (χ4v) is 5.04. The van der Waals surface area contributed by atoms with Crippen LogP contribution in [0.3, 0.4) is 0 Å². The molecule has 1 N–H and O–H groups in total. The first-order valence-electron chi connectivity index (χ1n) is 10.2. The minimum atomic E-state index is -3.72. The van der Waals surface area contributed by atoms with E-state index in [0.29, 0.717) is 18.9 Å². The third kappa shape index (κ3) is 4.78. The molecule has 0 saturated carbocycles. The summed E-state index contributed by atoms with van der Waals surface area (Å²) in [5.74, 6) is 1.22. The number of fused-ring (bicyclic) bond motifs is 1. The van der Waals surface area contributed by atoms with Crippen molar-refractivity contribution < 1.29 is 13.2 Å². The second kappa shape index (κ2) is 9.52. The van der Waals surface area contributed by atoms with Crippen LogP contribution in [0, 0.1) is 0 Å². The minimum absolute atomic E-state index is 0.0126. The van der Waals surface area contributed by atoms with E-state index >= 15 is 0 Å². The predicted molar refractivity (Wildman–Crippen MR) is 110 cm³/mol. The summed E-state index contributed by atoms with van der Waals surface area (Å²) in [4.78, 5) is 24.6. The largest absolute Gasteiger partial charge is 0.347 e. The molecule has 10 nitrogen and oxygen atoms in total. The van der Waals surface area contributed by atoms with Gasteiger partial charge in [-0.2, -0.15) is 4.31 Å². The molecule has 2 aromatic rings. The zero-order valence-corrected chi connectivity index (χ0v) is 18.2. The van der Waals surface area contributed by atoms with Crippen LogP contribution in [0.2, 0.25) is 0 Å². The Kier molecular flexibility index (Phi) is 7.03. The van der Waals surface area contributed by atoms with Gasteiger partial charge in [-0.3, -0.25) is 9.59 Å². The van der Waals surface area contributed by atoms with E-state index in [-0.39, 0.29) is 18.0 Å². The predicted octanol–water partition coefficient (Wildman–Crippen LogP) is 0.513. The number of sulfonamides is 1. The standard InChI is InChI=1S/C19H28N6O4S/c1-3-24(4-2)30(28,29)15-9-10-19(27)23(13-15)14-18(26)20-12-17-22-21-16-8-6-5-7-11-25(16)17/h9-10,13H,3-8,11-12,14H2,1-2H3,(H,20,26). The Bertz CT molecular complexity index is 1060. The van der Waals surface area contributed by atoms with E-state index in [1.54, 1.807) is 13.8 Å². The molecule has 0 saturated heterocycles. The summed E-state index contributed by atoms with van der Waals surface area (Å²) in [6, 6.07) is 2.44. The summed E-state index contributed by atoms with van der Waals surface area (Å²) < 4.78 is 29.8. The first kappa shape index (κ1) is 22.2. The van der Waals surface area contributed by atoms with Crippen molar-refractivity contribution in [2.24, 2.45) is 0 Å². The summed E-state index contributed by atoms with van der Waals surface area (Å²) >= 11 is 0. The number of carbonyl (C=O) groups is 1. The molecule has 0 spiro atoms. The Labute approximate surface area is 176 Å². The molecule has 0 aromatic carbocycles. The van der Waals surface area contributed by atoms with Gasteiger partial charge in [0.25, 0.3) is 5.56 Å². The maximum absolute atomic E-state index is 12.7. The van der Waals surface area contributed by atoms with Crippen molar-refractivity contribution in [3.63, 3.8) is 0 Å². The van der Waals surface area contributed by atoms with Crippen molar-refractivity contribution in [1.82, 2.24) is 29.0 Å². The van der Waals surface area contributed by atoms with Crippen LogP contribution in [0.4, 0.5) is 0 Å². The molecule has 1 aliphatic rings. The molecule has 3 heterocycles. The molecular formula is C19H28N6O4S. The third-order valence-electron chi connectivity index (χ3n) is 5.24. The van der Waals surface area contributed by atoms with E-state index in [4.69, 9.17) is 0 Å². The van der Waals surface area contributed by atoms with Gasteiger partial charge in [0.2, 0.25) is 15.9 Å². The Balaban J connectivity index is 1.70. The molecule has 30 heavy (non-hydrogen) atoms. The van der Waals surface area contributed by atoms with Crippen LogP contribution in [0.15, 0.2) is 28.0 Å². The smallest absolute Gasteiger partial charge is 0.251 e. The van der Waals surface area contributed by atoms with E-state index in [9.17, 15) is 18.0 Å². The number of aryl methyl sites for hydroxylation is 1. The molecule has 0 atom stereocenters. The van der Waals surface area contributed by atoms with Crippen LogP contribution < -0.4 is 10.9 Å². The minimum Gasteiger partial charge on any atom is -0.347 e. The molecule has 0 aliphatic carbocycles. The number of carbonyl (C=O) groups excluding carboxylic acids is 1. The van der Waals surface area contributed by atoms with Gasteiger partial charge in [-0.25, -0.2) is 8.42 Å². The number of pyridine rings is 1. The number of hydrogen-bond acceptors (Lipinski definition) is 6. The summed E-state index contributed by atoms with van der Waals surface area (Å²) in [5.41, 5.74) is -0.444. The summed E-state index contributed by atoms with van der Waals surface area (Å²) in [7, 11) is -3.72. The fraction of sp³-hybridized carbons (Fsp3) is 0.579. The van der Waals surface area contributed by atoms with Gasteiger partial charge < -0.3 is 14.5 Å². The number of amides is 1. The van der Waals surface area contributed by atoms with E-state index in [2.05, 4.69) is 15.5 Å². The Morgan fingerprint density at radius 2 is 1.93 bits per heavy atom. The molecule has 1 amide bonds. The molecule has 2 aromatic heterocycles. The maximum atomic E-state index is 12.7. The highest BCUT2D eigenvalue weighted by molar-refractivity contribution is 7.89. The topological polar surface area (TPSA) is 119 Å². The molecule has 0 bridgehead atoms. The summed E-state index contributed by atoms with van der Waals surface area (Å²) in [5, 5.41) is 11.1. The van der Waals surface area contributed by atoms with E-state index in [1.807, 2.05) is 4.57 Å². The Morgan fingerprint density at radius 1 is 1.17 bits per heavy atom. The Morgan fingerprint density at radius 3 is 2.67 bits per heavy atom. The first-order chi connectivity index (χ1) is 14.4. The van der Waals surface area contributed by atoms with Crippen LogP contribution in [0.5, 0.6) is 0 Å². The molecule has 11 heteroatoms. The number of nitrogens with one attached hydrogen (secondary N) is 1. The maximum Gasteiger partial charge on any atom is 0.251 e. The van der Waals surface area contributed by atoms with Gasteiger partial charge >= 0.3 is 0 Å². The van der Waals surface area contributed by atoms with Crippen molar-refractivity contribution in [3.05, 3.63) is 40.3 Å². The van der Waals surface area contributed by atoms with Crippen LogP contribution in [-0.2, 0) is 40.9 Å². The monoisotopic (exact) mass is 436 g/mol. The van der Waals surface area contributed by atoms with Gasteiger partial charge in [0, 0.05) is 38.3 Å². The van der Waals surface area contributed by atoms with Gasteiger partial charge in [0.05, 0.1) is 11.4 Å². The van der Waals surface area contributed by atoms with Gasteiger partial charge in [-0.05, 0) is 18.9 Å². The van der Waals surface area contributed by atoms with Crippen LogP contribution in [-0.4, -0.2) is 51.1 Å². The van der Waals surface area contributed by atoms with Crippen molar-refractivity contribution in [2.45, 2.75) is 64.1 Å². The molecule has 0 fully saturated rings. The number of rotatable bonds is 8. The highest BCUT2D eigenvalue weighted by Crippen LogP contribution is 2.15. The third-order valence-corrected chi connectivity index (χ3v) is 7.28. The first-order valence-corrected chi connectivity index (χ1v) is 11.7. The van der Waals surface area contributed by atoms with Gasteiger partial charge in [-0.15, -0.1) is 10.2 Å². The highest BCUT2D eigenvalue weighted by atomic mass is 32.2. The van der Waals surface area contributed by atoms with Crippen LogP contribution in [0.1, 0.15) is 44.8 Å². The van der Waals surface area contributed by atoms with Crippen molar-refractivity contribution in [3.8, 4) is 0 Å². The number of nitrogens with zero attached hydrogens (tertiary/aromatic N) is 5. The van der Waals surface area contributed by atoms with Gasteiger partial charge in [0.1, 0.15) is 12.4 Å². The fourth-order valence-electron chi connectivity index (χ4n) is 3.56. The lowest BCUT2D eigenvalue weighted by molar-refractivity contribution is -0.121. The van der Waals surface area contributed by atoms with Crippen molar-refractivity contribution in [1.29, 1.82) is 0 Å². The average molecular weight is 437 g/mol. The number of hydrogen-bond donors (Lipinski definition) is 1. The molecular weight excluding hydrogens is 408 g/mol. The number of aromatic nitrogens is 4. The highest BCUT2D eigenvalue weighted by Gasteiger charge is 2.22. The molecule has 0 unspecified atom stereocenters. The van der Waals surface area contributed by atoms with Crippen molar-refractivity contribution >= 4 is 15.9 Å². The van der Waals surface area contributed by atoms with E-state index < -0.39 is 21.5 Å².